The van der Waals surface area contributed by atoms with Gasteiger partial charge in [0.15, 0.2) is 6.61 Å². The zero-order valence-corrected chi connectivity index (χ0v) is 15.4. The van der Waals surface area contributed by atoms with E-state index in [9.17, 15) is 9.59 Å². The van der Waals surface area contributed by atoms with Crippen molar-refractivity contribution >= 4 is 38.5 Å². The van der Waals surface area contributed by atoms with E-state index in [1.165, 1.54) is 0 Å². The molecule has 0 aliphatic heterocycles. The van der Waals surface area contributed by atoms with Gasteiger partial charge in [-0.3, -0.25) is 9.59 Å². The largest absolute Gasteiger partial charge is 0.484 e. The second-order valence-corrected chi connectivity index (χ2v) is 6.67. The monoisotopic (exact) mass is 412 g/mol. The van der Waals surface area contributed by atoms with Gasteiger partial charge in [0.25, 0.3) is 5.91 Å². The van der Waals surface area contributed by atoms with E-state index >= 15 is 0 Å². The molecule has 0 saturated carbocycles. The highest BCUT2D eigenvalue weighted by atomic mass is 79.9. The first-order valence-corrected chi connectivity index (χ1v) is 8.78. The van der Waals surface area contributed by atoms with Crippen molar-refractivity contribution in [2.75, 3.05) is 6.61 Å². The summed E-state index contributed by atoms with van der Waals surface area (Å²) in [6.45, 7) is -0.210. The maximum absolute atomic E-state index is 12.2. The second kappa shape index (κ2) is 8.01. The van der Waals surface area contributed by atoms with Gasteiger partial charge in [-0.25, -0.2) is 0 Å². The molecule has 1 atom stereocenters. The molecule has 0 fully saturated rings. The number of halogens is 1. The SMILES string of the molecule is NC(=O)C(NC(=O)COc1ccc2ccccc2c1)c1ccc(Br)cc1. The normalized spacial score (nSPS) is 11.7. The zero-order valence-electron chi connectivity index (χ0n) is 13.8. The Bertz CT molecular complexity index is 941. The third kappa shape index (κ3) is 4.40. The Balaban J connectivity index is 1.64. The highest BCUT2D eigenvalue weighted by Gasteiger charge is 2.20. The standard InChI is InChI=1S/C20H17BrN2O3/c21-16-8-5-14(6-9-16)19(20(22)25)23-18(24)12-26-17-10-7-13-3-1-2-4-15(13)11-17/h1-11,19H,12H2,(H2,22,25)(H,23,24). The smallest absolute Gasteiger partial charge is 0.258 e. The molecule has 0 aromatic heterocycles. The van der Waals surface area contributed by atoms with E-state index in [1.807, 2.05) is 36.4 Å². The molecule has 3 rings (SSSR count). The number of rotatable bonds is 6. The predicted octanol–water partition coefficient (Wildman–Crippen LogP) is 3.32. The lowest BCUT2D eigenvalue weighted by Gasteiger charge is -2.16. The Morgan fingerprint density at radius 3 is 2.38 bits per heavy atom. The minimum atomic E-state index is -0.907. The average molecular weight is 413 g/mol. The molecule has 6 heteroatoms. The molecule has 132 valence electrons. The molecule has 2 amide bonds. The Hall–Kier alpha value is -2.86. The van der Waals surface area contributed by atoms with Crippen LogP contribution in [0.1, 0.15) is 11.6 Å². The first kappa shape index (κ1) is 17.9. The summed E-state index contributed by atoms with van der Waals surface area (Å²) in [5, 5.41) is 4.72. The summed E-state index contributed by atoms with van der Waals surface area (Å²) in [6, 6.07) is 19.6. The third-order valence-corrected chi connectivity index (χ3v) is 4.41. The van der Waals surface area contributed by atoms with Gasteiger partial charge in [-0.1, -0.05) is 58.4 Å². The van der Waals surface area contributed by atoms with Crippen LogP contribution in [-0.2, 0) is 9.59 Å². The lowest BCUT2D eigenvalue weighted by Crippen LogP contribution is -2.39. The first-order chi connectivity index (χ1) is 12.5. The fourth-order valence-corrected chi connectivity index (χ4v) is 2.85. The average Bonchev–Trinajstić information content (AvgIpc) is 2.65. The van der Waals surface area contributed by atoms with Crippen molar-refractivity contribution in [3.63, 3.8) is 0 Å². The fourth-order valence-electron chi connectivity index (χ4n) is 2.58. The van der Waals surface area contributed by atoms with Crippen LogP contribution in [-0.4, -0.2) is 18.4 Å². The van der Waals surface area contributed by atoms with Crippen molar-refractivity contribution in [1.82, 2.24) is 5.32 Å². The van der Waals surface area contributed by atoms with Crippen molar-refractivity contribution in [3.8, 4) is 5.75 Å². The fraction of sp³-hybridized carbons (Fsp3) is 0.100. The van der Waals surface area contributed by atoms with Crippen LogP contribution in [0, 0.1) is 0 Å². The van der Waals surface area contributed by atoms with Gasteiger partial charge >= 0.3 is 0 Å². The van der Waals surface area contributed by atoms with E-state index in [1.54, 1.807) is 30.3 Å². The van der Waals surface area contributed by atoms with E-state index in [0.717, 1.165) is 15.2 Å². The van der Waals surface area contributed by atoms with Crippen molar-refractivity contribution in [1.29, 1.82) is 0 Å². The van der Waals surface area contributed by atoms with Crippen LogP contribution in [0.15, 0.2) is 71.2 Å². The molecule has 1 unspecified atom stereocenters. The summed E-state index contributed by atoms with van der Waals surface area (Å²) in [5.41, 5.74) is 6.03. The summed E-state index contributed by atoms with van der Waals surface area (Å²) in [4.78, 5) is 23.9. The number of primary amides is 1. The number of fused-ring (bicyclic) bond motifs is 1. The summed E-state index contributed by atoms with van der Waals surface area (Å²) in [6.07, 6.45) is 0. The predicted molar refractivity (Wildman–Crippen MR) is 104 cm³/mol. The van der Waals surface area contributed by atoms with Gasteiger partial charge in [-0.15, -0.1) is 0 Å². The molecule has 3 aromatic rings. The quantitative estimate of drug-likeness (QED) is 0.651. The van der Waals surface area contributed by atoms with E-state index < -0.39 is 17.9 Å². The summed E-state index contributed by atoms with van der Waals surface area (Å²) < 4.78 is 6.41. The molecule has 3 N–H and O–H groups in total. The molecular weight excluding hydrogens is 396 g/mol. The van der Waals surface area contributed by atoms with Gasteiger partial charge in [-0.05, 0) is 40.6 Å². The lowest BCUT2D eigenvalue weighted by molar-refractivity contribution is -0.128. The number of nitrogens with two attached hydrogens (primary N) is 1. The molecule has 0 bridgehead atoms. The summed E-state index contributed by atoms with van der Waals surface area (Å²) >= 11 is 3.33. The highest BCUT2D eigenvalue weighted by molar-refractivity contribution is 9.10. The van der Waals surface area contributed by atoms with Crippen LogP contribution in [0.25, 0.3) is 10.8 Å². The molecule has 0 heterocycles. The summed E-state index contributed by atoms with van der Waals surface area (Å²) in [7, 11) is 0. The van der Waals surface area contributed by atoms with Crippen LogP contribution >= 0.6 is 15.9 Å². The number of nitrogens with one attached hydrogen (secondary N) is 1. The van der Waals surface area contributed by atoms with E-state index in [0.29, 0.717) is 11.3 Å². The van der Waals surface area contributed by atoms with Gasteiger partial charge in [0.2, 0.25) is 5.91 Å². The van der Waals surface area contributed by atoms with E-state index in [2.05, 4.69) is 21.2 Å². The van der Waals surface area contributed by atoms with Crippen molar-refractivity contribution in [3.05, 3.63) is 76.8 Å². The topological polar surface area (TPSA) is 81.4 Å². The number of hydrogen-bond donors (Lipinski definition) is 2. The Labute approximate surface area is 159 Å². The minimum absolute atomic E-state index is 0.210. The molecule has 26 heavy (non-hydrogen) atoms. The zero-order chi connectivity index (χ0) is 18.5. The maximum atomic E-state index is 12.2. The van der Waals surface area contributed by atoms with Crippen molar-refractivity contribution in [2.45, 2.75) is 6.04 Å². The Morgan fingerprint density at radius 2 is 1.69 bits per heavy atom. The lowest BCUT2D eigenvalue weighted by atomic mass is 10.1. The maximum Gasteiger partial charge on any atom is 0.258 e. The van der Waals surface area contributed by atoms with Crippen molar-refractivity contribution in [2.24, 2.45) is 5.73 Å². The van der Waals surface area contributed by atoms with Gasteiger partial charge in [0.05, 0.1) is 0 Å². The summed E-state index contributed by atoms with van der Waals surface area (Å²) in [5.74, 6) is -0.477. The molecular formula is C20H17BrN2O3. The molecule has 0 aliphatic rings. The van der Waals surface area contributed by atoms with Gasteiger partial charge in [0.1, 0.15) is 11.8 Å². The van der Waals surface area contributed by atoms with Crippen LogP contribution in [0.4, 0.5) is 0 Å². The first-order valence-electron chi connectivity index (χ1n) is 7.99. The molecule has 0 aliphatic carbocycles. The minimum Gasteiger partial charge on any atom is -0.484 e. The molecule has 0 saturated heterocycles. The van der Waals surface area contributed by atoms with Crippen LogP contribution in [0.3, 0.4) is 0 Å². The Morgan fingerprint density at radius 1 is 1.00 bits per heavy atom. The van der Waals surface area contributed by atoms with E-state index in [4.69, 9.17) is 10.5 Å². The number of hydrogen-bond acceptors (Lipinski definition) is 3. The van der Waals surface area contributed by atoms with Crippen LogP contribution < -0.4 is 15.8 Å². The molecule has 3 aromatic carbocycles. The number of ether oxygens (including phenoxy) is 1. The second-order valence-electron chi connectivity index (χ2n) is 5.75. The van der Waals surface area contributed by atoms with Gasteiger partial charge < -0.3 is 15.8 Å². The Kier molecular flexibility index (Phi) is 5.53. The highest BCUT2D eigenvalue weighted by Crippen LogP contribution is 2.21. The number of carbonyl (C=O) groups excluding carboxylic acids is 2. The van der Waals surface area contributed by atoms with E-state index in [-0.39, 0.29) is 6.61 Å². The van der Waals surface area contributed by atoms with Crippen molar-refractivity contribution < 1.29 is 14.3 Å². The number of amides is 2. The number of benzene rings is 3. The molecule has 5 nitrogen and oxygen atoms in total. The van der Waals surface area contributed by atoms with Gasteiger partial charge in [-0.2, -0.15) is 0 Å². The van der Waals surface area contributed by atoms with Crippen LogP contribution in [0.2, 0.25) is 0 Å². The molecule has 0 radical (unpaired) electrons. The van der Waals surface area contributed by atoms with Crippen LogP contribution in [0.5, 0.6) is 5.75 Å². The molecule has 0 spiro atoms. The van der Waals surface area contributed by atoms with Gasteiger partial charge in [0, 0.05) is 4.47 Å². The number of carbonyl (C=O) groups is 2. The third-order valence-electron chi connectivity index (χ3n) is 3.88.